The van der Waals surface area contributed by atoms with Crippen LogP contribution in [0.2, 0.25) is 0 Å². The molecule has 0 radical (unpaired) electrons. The Balaban J connectivity index is 1.86. The highest BCUT2D eigenvalue weighted by Gasteiger charge is 2.42. The molecule has 0 atom stereocenters. The predicted molar refractivity (Wildman–Crippen MR) is 78.1 cm³/mol. The van der Waals surface area contributed by atoms with Crippen LogP contribution in [0, 0.1) is 12.3 Å². The van der Waals surface area contributed by atoms with Crippen molar-refractivity contribution in [2.45, 2.75) is 26.7 Å². The zero-order chi connectivity index (χ0) is 14.6. The van der Waals surface area contributed by atoms with Crippen LogP contribution in [0.3, 0.4) is 0 Å². The van der Waals surface area contributed by atoms with Crippen LogP contribution < -0.4 is 15.4 Å². The van der Waals surface area contributed by atoms with Crippen LogP contribution >= 0.6 is 0 Å². The SMILES string of the molecule is CCOc1ccc(NC(=O)NCC2(CO)CC2)cc1C. The highest BCUT2D eigenvalue weighted by Crippen LogP contribution is 2.44. The number of aryl methyl sites for hydroxylation is 1. The lowest BCUT2D eigenvalue weighted by Crippen LogP contribution is -2.35. The van der Waals surface area contributed by atoms with Gasteiger partial charge in [0.1, 0.15) is 5.75 Å². The molecule has 0 spiro atoms. The summed E-state index contributed by atoms with van der Waals surface area (Å²) in [7, 11) is 0. The number of aliphatic hydroxyl groups is 1. The normalized spacial score (nSPS) is 15.6. The first-order valence-electron chi connectivity index (χ1n) is 6.98. The number of aliphatic hydroxyl groups excluding tert-OH is 1. The molecule has 5 nitrogen and oxygen atoms in total. The lowest BCUT2D eigenvalue weighted by Gasteiger charge is -2.14. The number of benzene rings is 1. The molecule has 5 heteroatoms. The molecule has 0 heterocycles. The number of hydrogen-bond donors (Lipinski definition) is 3. The molecule has 3 N–H and O–H groups in total. The average molecular weight is 278 g/mol. The zero-order valence-corrected chi connectivity index (χ0v) is 12.0. The number of amides is 2. The average Bonchev–Trinajstić information content (AvgIpc) is 3.21. The van der Waals surface area contributed by atoms with Gasteiger partial charge >= 0.3 is 6.03 Å². The Morgan fingerprint density at radius 1 is 1.45 bits per heavy atom. The van der Waals surface area contributed by atoms with Crippen LogP contribution in [-0.4, -0.2) is 30.9 Å². The van der Waals surface area contributed by atoms with E-state index in [2.05, 4.69) is 10.6 Å². The van der Waals surface area contributed by atoms with Gasteiger partial charge in [0, 0.05) is 17.6 Å². The van der Waals surface area contributed by atoms with Crippen molar-refractivity contribution in [2.75, 3.05) is 25.1 Å². The van der Waals surface area contributed by atoms with Crippen LogP contribution in [0.25, 0.3) is 0 Å². The van der Waals surface area contributed by atoms with E-state index in [1.165, 1.54) is 0 Å². The molecule has 1 fully saturated rings. The van der Waals surface area contributed by atoms with E-state index < -0.39 is 0 Å². The summed E-state index contributed by atoms with van der Waals surface area (Å²) in [5, 5.41) is 14.8. The van der Waals surface area contributed by atoms with Crippen LogP contribution in [0.4, 0.5) is 10.5 Å². The molecule has 1 aliphatic carbocycles. The molecule has 0 unspecified atom stereocenters. The molecule has 0 aliphatic heterocycles. The van der Waals surface area contributed by atoms with Gasteiger partial charge in [-0.3, -0.25) is 0 Å². The van der Waals surface area contributed by atoms with Crippen LogP contribution in [0.15, 0.2) is 18.2 Å². The van der Waals surface area contributed by atoms with Crippen molar-refractivity contribution in [3.63, 3.8) is 0 Å². The fourth-order valence-corrected chi connectivity index (χ4v) is 2.06. The van der Waals surface area contributed by atoms with Gasteiger partial charge in [-0.1, -0.05) is 0 Å². The number of nitrogens with one attached hydrogen (secondary N) is 2. The first-order chi connectivity index (χ1) is 9.58. The molecule has 1 saturated carbocycles. The molecule has 1 aromatic carbocycles. The molecule has 1 aliphatic rings. The molecule has 1 aromatic rings. The van der Waals surface area contributed by atoms with E-state index in [-0.39, 0.29) is 18.1 Å². The maximum atomic E-state index is 11.8. The number of carbonyl (C=O) groups is 1. The summed E-state index contributed by atoms with van der Waals surface area (Å²) in [6.45, 7) is 5.16. The highest BCUT2D eigenvalue weighted by molar-refractivity contribution is 5.89. The van der Waals surface area contributed by atoms with Crippen LogP contribution in [0.1, 0.15) is 25.3 Å². The fraction of sp³-hybridized carbons (Fsp3) is 0.533. The van der Waals surface area contributed by atoms with E-state index in [1.54, 1.807) is 0 Å². The quantitative estimate of drug-likeness (QED) is 0.747. The van der Waals surface area contributed by atoms with E-state index in [0.717, 1.165) is 29.8 Å². The third kappa shape index (κ3) is 3.63. The maximum absolute atomic E-state index is 11.8. The van der Waals surface area contributed by atoms with Gasteiger partial charge in [0.15, 0.2) is 0 Å². The van der Waals surface area contributed by atoms with Gasteiger partial charge in [-0.05, 0) is 50.5 Å². The Labute approximate surface area is 119 Å². The van der Waals surface area contributed by atoms with Crippen molar-refractivity contribution >= 4 is 11.7 Å². The largest absolute Gasteiger partial charge is 0.494 e. The Morgan fingerprint density at radius 3 is 2.75 bits per heavy atom. The van der Waals surface area contributed by atoms with Gasteiger partial charge in [0.2, 0.25) is 0 Å². The summed E-state index contributed by atoms with van der Waals surface area (Å²) in [6, 6.07) is 5.30. The van der Waals surface area contributed by atoms with Gasteiger partial charge in [0.05, 0.1) is 13.2 Å². The minimum absolute atomic E-state index is 0.0773. The third-order valence-electron chi connectivity index (χ3n) is 3.65. The first-order valence-corrected chi connectivity index (χ1v) is 6.98. The molecule has 0 aromatic heterocycles. The van der Waals surface area contributed by atoms with Crippen molar-refractivity contribution in [1.29, 1.82) is 0 Å². The van der Waals surface area contributed by atoms with E-state index >= 15 is 0 Å². The summed E-state index contributed by atoms with van der Waals surface area (Å²) in [5.74, 6) is 0.829. The monoisotopic (exact) mass is 278 g/mol. The van der Waals surface area contributed by atoms with Gasteiger partial charge < -0.3 is 20.5 Å². The predicted octanol–water partition coefficient (Wildman–Crippen LogP) is 2.29. The molecule has 0 bridgehead atoms. The molecule has 110 valence electrons. The van der Waals surface area contributed by atoms with Gasteiger partial charge in [0.25, 0.3) is 0 Å². The van der Waals surface area contributed by atoms with E-state index in [9.17, 15) is 9.90 Å². The zero-order valence-electron chi connectivity index (χ0n) is 12.0. The van der Waals surface area contributed by atoms with Crippen molar-refractivity contribution in [2.24, 2.45) is 5.41 Å². The lowest BCUT2D eigenvalue weighted by molar-refractivity contribution is 0.206. The topological polar surface area (TPSA) is 70.6 Å². The smallest absolute Gasteiger partial charge is 0.319 e. The van der Waals surface area contributed by atoms with Crippen LogP contribution in [0.5, 0.6) is 5.75 Å². The second-order valence-electron chi connectivity index (χ2n) is 5.38. The Bertz CT molecular complexity index is 484. The number of anilines is 1. The van der Waals surface area contributed by atoms with Crippen molar-refractivity contribution in [1.82, 2.24) is 5.32 Å². The molecule has 2 rings (SSSR count). The summed E-state index contributed by atoms with van der Waals surface area (Å²) in [4.78, 5) is 11.8. The van der Waals surface area contributed by atoms with E-state index in [4.69, 9.17) is 4.74 Å². The first kappa shape index (κ1) is 14.7. The van der Waals surface area contributed by atoms with Crippen molar-refractivity contribution < 1.29 is 14.6 Å². The van der Waals surface area contributed by atoms with Gasteiger partial charge in [-0.25, -0.2) is 4.79 Å². The second kappa shape index (κ2) is 6.13. The van der Waals surface area contributed by atoms with Crippen molar-refractivity contribution in [3.8, 4) is 5.75 Å². The lowest BCUT2D eigenvalue weighted by atomic mass is 10.1. The number of carbonyl (C=O) groups excluding carboxylic acids is 1. The standard InChI is InChI=1S/C15H22N2O3/c1-3-20-13-5-4-12(8-11(13)2)17-14(19)16-9-15(10-18)6-7-15/h4-5,8,18H,3,6-7,9-10H2,1-2H3,(H2,16,17,19). The molecular formula is C15H22N2O3. The van der Waals surface area contributed by atoms with Crippen LogP contribution in [-0.2, 0) is 0 Å². The summed E-state index contributed by atoms with van der Waals surface area (Å²) in [6.07, 6.45) is 1.96. The molecule has 2 amide bonds. The van der Waals surface area contributed by atoms with E-state index in [1.807, 2.05) is 32.0 Å². The Kier molecular flexibility index (Phi) is 4.49. The number of hydrogen-bond acceptors (Lipinski definition) is 3. The Morgan fingerprint density at radius 2 is 2.20 bits per heavy atom. The number of ether oxygens (including phenoxy) is 1. The third-order valence-corrected chi connectivity index (χ3v) is 3.65. The Hall–Kier alpha value is -1.75. The maximum Gasteiger partial charge on any atom is 0.319 e. The number of rotatable bonds is 6. The van der Waals surface area contributed by atoms with Gasteiger partial charge in [-0.2, -0.15) is 0 Å². The summed E-state index contributed by atoms with van der Waals surface area (Å²) < 4.78 is 5.46. The minimum atomic E-state index is -0.242. The highest BCUT2D eigenvalue weighted by atomic mass is 16.5. The number of urea groups is 1. The summed E-state index contributed by atoms with van der Waals surface area (Å²) >= 11 is 0. The second-order valence-corrected chi connectivity index (χ2v) is 5.38. The minimum Gasteiger partial charge on any atom is -0.494 e. The summed E-state index contributed by atoms with van der Waals surface area (Å²) in [5.41, 5.74) is 1.64. The molecule has 20 heavy (non-hydrogen) atoms. The van der Waals surface area contributed by atoms with E-state index in [0.29, 0.717) is 13.2 Å². The molecule has 0 saturated heterocycles. The fourth-order valence-electron chi connectivity index (χ4n) is 2.06. The molecular weight excluding hydrogens is 256 g/mol. The van der Waals surface area contributed by atoms with Gasteiger partial charge in [-0.15, -0.1) is 0 Å². The van der Waals surface area contributed by atoms with Crippen molar-refractivity contribution in [3.05, 3.63) is 23.8 Å².